The third-order valence-corrected chi connectivity index (χ3v) is 8.94. The Labute approximate surface area is 224 Å². The number of anilines is 1. The highest BCUT2D eigenvalue weighted by molar-refractivity contribution is 5.64. The summed E-state index contributed by atoms with van der Waals surface area (Å²) in [5.41, 5.74) is 1.45. The smallest absolute Gasteiger partial charge is 0.320 e. The van der Waals surface area contributed by atoms with Gasteiger partial charge in [0.1, 0.15) is 23.8 Å². The number of fused-ring (bicyclic) bond motifs is 1. The van der Waals surface area contributed by atoms with E-state index in [1.807, 2.05) is 17.7 Å². The minimum atomic E-state index is -4.54. The van der Waals surface area contributed by atoms with Crippen molar-refractivity contribution < 1.29 is 17.6 Å². The molecule has 1 spiro atoms. The molecule has 0 amide bonds. The first-order chi connectivity index (χ1) is 18.6. The van der Waals surface area contributed by atoms with Crippen LogP contribution in [0.5, 0.6) is 0 Å². The highest BCUT2D eigenvalue weighted by atomic mass is 19.4. The van der Waals surface area contributed by atoms with Crippen LogP contribution < -0.4 is 4.90 Å². The molecule has 2 aromatic rings. The zero-order chi connectivity index (χ0) is 27.1. The number of aromatic nitrogens is 3. The summed E-state index contributed by atoms with van der Waals surface area (Å²) in [5, 5.41) is 8.34. The van der Waals surface area contributed by atoms with E-state index in [9.17, 15) is 13.2 Å². The van der Waals surface area contributed by atoms with E-state index >= 15 is 4.39 Å². The number of rotatable bonds is 6. The molecular formula is C29H30F4N6. The van der Waals surface area contributed by atoms with Gasteiger partial charge in [0.15, 0.2) is 0 Å². The first kappa shape index (κ1) is 24.6. The van der Waals surface area contributed by atoms with Gasteiger partial charge in [-0.05, 0) is 72.4 Å². The molecule has 39 heavy (non-hydrogen) atoms. The number of hydrogen-bond donors (Lipinski definition) is 0. The molecule has 1 atom stereocenters. The average molecular weight is 539 g/mol. The average Bonchev–Trinajstić information content (AvgIpc) is 3.40. The summed E-state index contributed by atoms with van der Waals surface area (Å²) in [5.74, 6) is 0.765. The number of allylic oxidation sites excluding steroid dienone is 1. The lowest BCUT2D eigenvalue weighted by atomic mass is 9.72. The maximum Gasteiger partial charge on any atom is 0.418 e. The molecule has 2 saturated carbocycles. The summed E-state index contributed by atoms with van der Waals surface area (Å²) >= 11 is 0. The lowest BCUT2D eigenvalue weighted by molar-refractivity contribution is -0.0909. The van der Waals surface area contributed by atoms with Crippen molar-refractivity contribution in [2.45, 2.75) is 44.2 Å². The largest absolute Gasteiger partial charge is 0.418 e. The fourth-order valence-electron chi connectivity index (χ4n) is 6.52. The molecule has 1 saturated heterocycles. The minimum absolute atomic E-state index is 0.00632. The number of benzene rings is 1. The van der Waals surface area contributed by atoms with Crippen LogP contribution in [0.15, 0.2) is 72.2 Å². The van der Waals surface area contributed by atoms with Crippen molar-refractivity contribution >= 4 is 5.69 Å². The van der Waals surface area contributed by atoms with E-state index in [-0.39, 0.29) is 11.6 Å². The van der Waals surface area contributed by atoms with Crippen LogP contribution in [0.3, 0.4) is 0 Å². The van der Waals surface area contributed by atoms with E-state index < -0.39 is 17.6 Å². The summed E-state index contributed by atoms with van der Waals surface area (Å²) < 4.78 is 59.7. The van der Waals surface area contributed by atoms with Crippen LogP contribution in [0.4, 0.5) is 23.2 Å². The maximum absolute atomic E-state index is 15.1. The Kier molecular flexibility index (Phi) is 5.40. The second-order valence-corrected chi connectivity index (χ2v) is 11.8. The van der Waals surface area contributed by atoms with E-state index in [0.717, 1.165) is 43.7 Å². The molecule has 5 aliphatic rings. The first-order valence-electron chi connectivity index (χ1n) is 13.5. The highest BCUT2D eigenvalue weighted by Gasteiger charge is 2.52. The van der Waals surface area contributed by atoms with Crippen LogP contribution >= 0.6 is 0 Å². The minimum Gasteiger partial charge on any atom is -0.320 e. The second kappa shape index (κ2) is 8.55. The summed E-state index contributed by atoms with van der Waals surface area (Å²) in [6, 6.07) is 4.69. The van der Waals surface area contributed by atoms with Crippen LogP contribution in [0.25, 0.3) is 0 Å². The third kappa shape index (κ3) is 4.20. The lowest BCUT2D eigenvalue weighted by Crippen LogP contribution is -2.49. The van der Waals surface area contributed by atoms with Crippen LogP contribution in [0.1, 0.15) is 49.4 Å². The van der Waals surface area contributed by atoms with Gasteiger partial charge in [-0.25, -0.2) is 4.39 Å². The molecule has 3 aliphatic heterocycles. The van der Waals surface area contributed by atoms with Gasteiger partial charge in [-0.15, -0.1) is 10.2 Å². The van der Waals surface area contributed by atoms with Gasteiger partial charge in [0, 0.05) is 45.0 Å². The van der Waals surface area contributed by atoms with Gasteiger partial charge in [-0.3, -0.25) is 4.90 Å². The number of aryl methyl sites for hydroxylation is 1. The van der Waals surface area contributed by atoms with Gasteiger partial charge in [0.05, 0.1) is 17.0 Å². The predicted octanol–water partition coefficient (Wildman–Crippen LogP) is 5.80. The molecule has 1 aromatic carbocycles. The molecule has 204 valence electrons. The van der Waals surface area contributed by atoms with E-state index in [1.54, 1.807) is 17.4 Å². The molecule has 10 heteroatoms. The predicted molar refractivity (Wildman–Crippen MR) is 138 cm³/mol. The van der Waals surface area contributed by atoms with Gasteiger partial charge in [-0.2, -0.15) is 13.2 Å². The summed E-state index contributed by atoms with van der Waals surface area (Å²) in [7, 11) is 1.87. The van der Waals surface area contributed by atoms with Crippen LogP contribution in [0.2, 0.25) is 0 Å². The molecule has 3 fully saturated rings. The Hall–Kier alpha value is -3.40. The number of alkyl halides is 3. The van der Waals surface area contributed by atoms with Gasteiger partial charge >= 0.3 is 6.18 Å². The lowest BCUT2D eigenvalue weighted by Gasteiger charge is -2.41. The van der Waals surface area contributed by atoms with Gasteiger partial charge < -0.3 is 14.4 Å². The normalized spacial score (nSPS) is 23.2. The van der Waals surface area contributed by atoms with Crippen LogP contribution in [-0.4, -0.2) is 50.4 Å². The number of likely N-dealkylation sites (tertiary alicyclic amines) is 1. The molecule has 1 unspecified atom stereocenters. The summed E-state index contributed by atoms with van der Waals surface area (Å²) in [4.78, 5) is 5.24. The summed E-state index contributed by atoms with van der Waals surface area (Å²) in [6.07, 6.45) is 7.02. The monoisotopic (exact) mass is 538 g/mol. The molecular weight excluding hydrogens is 508 g/mol. The van der Waals surface area contributed by atoms with Crippen molar-refractivity contribution in [2.24, 2.45) is 18.4 Å². The van der Waals surface area contributed by atoms with E-state index in [2.05, 4.69) is 21.7 Å². The molecule has 2 aliphatic carbocycles. The van der Waals surface area contributed by atoms with Crippen molar-refractivity contribution in [3.05, 3.63) is 89.5 Å². The molecule has 1 aromatic heterocycles. The topological polar surface area (TPSA) is 40.4 Å². The van der Waals surface area contributed by atoms with Crippen molar-refractivity contribution in [3.63, 3.8) is 0 Å². The van der Waals surface area contributed by atoms with Gasteiger partial charge in [0.25, 0.3) is 0 Å². The van der Waals surface area contributed by atoms with E-state index in [1.165, 1.54) is 42.2 Å². The molecule has 6 nitrogen and oxygen atoms in total. The molecule has 7 rings (SSSR count). The quantitative estimate of drug-likeness (QED) is 0.435. The number of halogens is 4. The fourth-order valence-corrected chi connectivity index (χ4v) is 6.52. The Morgan fingerprint density at radius 3 is 2.49 bits per heavy atom. The van der Waals surface area contributed by atoms with Gasteiger partial charge in [0.2, 0.25) is 0 Å². The number of hydrogen-bond acceptors (Lipinski definition) is 5. The Morgan fingerprint density at radius 1 is 1.10 bits per heavy atom. The standard InChI is InChI=1S/C29H30F4N6/c1-18-38(23-10-21(9-22(30)11-23)26(20-4-3-5-20)27-35-34-17-36(27)2)14-25-24(29(31,32)33)8-19(13-39(18)25)12-37-15-28(16-37)6-7-28/h8-11,13-14,17,20,26H,1,3-7,12,15-16H2,2H3. The second-order valence-electron chi connectivity index (χ2n) is 11.8. The van der Waals surface area contributed by atoms with E-state index in [0.29, 0.717) is 35.0 Å². The molecule has 0 radical (unpaired) electrons. The van der Waals surface area contributed by atoms with Crippen molar-refractivity contribution in [1.29, 1.82) is 0 Å². The fraction of sp³-hybridized carbons (Fsp3) is 0.448. The van der Waals surface area contributed by atoms with Crippen molar-refractivity contribution in [2.75, 3.05) is 24.5 Å². The van der Waals surface area contributed by atoms with Crippen molar-refractivity contribution in [3.8, 4) is 0 Å². The van der Waals surface area contributed by atoms with Crippen LogP contribution in [-0.2, 0) is 7.05 Å². The zero-order valence-electron chi connectivity index (χ0n) is 21.8. The molecule has 0 N–H and O–H groups in total. The Balaban J connectivity index is 1.22. The number of nitrogens with zero attached hydrogens (tertiary/aromatic N) is 6. The van der Waals surface area contributed by atoms with Crippen molar-refractivity contribution in [1.82, 2.24) is 24.6 Å². The summed E-state index contributed by atoms with van der Waals surface area (Å²) in [6.45, 7) is 6.46. The maximum atomic E-state index is 15.1. The SMILES string of the molecule is C=C1N2C=C(CN3CC4(CC4)C3)C=C(C(F)(F)F)C2=CN1c1cc(F)cc(C(c2nncn2C)C2CCC2)c1. The van der Waals surface area contributed by atoms with E-state index in [4.69, 9.17) is 0 Å². The van der Waals surface area contributed by atoms with Crippen LogP contribution in [0, 0.1) is 17.2 Å². The Bertz CT molecular complexity index is 1430. The highest BCUT2D eigenvalue weighted by Crippen LogP contribution is 2.53. The molecule has 4 heterocycles. The van der Waals surface area contributed by atoms with Gasteiger partial charge in [-0.1, -0.05) is 13.0 Å². The first-order valence-corrected chi connectivity index (χ1v) is 13.5. The zero-order valence-corrected chi connectivity index (χ0v) is 21.8. The third-order valence-electron chi connectivity index (χ3n) is 8.94. The Morgan fingerprint density at radius 2 is 1.87 bits per heavy atom. The molecule has 0 bridgehead atoms.